The maximum atomic E-state index is 13.9. The average Bonchev–Trinajstić information content (AvgIpc) is 3.20. The second-order valence-corrected chi connectivity index (χ2v) is 9.33. The summed E-state index contributed by atoms with van der Waals surface area (Å²) in [7, 11) is 5.10. The summed E-state index contributed by atoms with van der Waals surface area (Å²) in [6.45, 7) is 0.390. The lowest BCUT2D eigenvalue weighted by atomic mass is 10.1. The molecule has 5 rings (SSSR count). The molecule has 0 unspecified atom stereocenters. The molecule has 2 heterocycles. The number of carbonyl (C=O) groups excluding carboxylic acids is 1. The molecule has 0 bridgehead atoms. The summed E-state index contributed by atoms with van der Waals surface area (Å²) >= 11 is 1.44. The average molecular weight is 500 g/mol. The van der Waals surface area contributed by atoms with E-state index in [1.165, 1.54) is 11.8 Å². The number of benzene rings is 3. The van der Waals surface area contributed by atoms with Gasteiger partial charge in [-0.1, -0.05) is 42.1 Å². The molecule has 2 aromatic heterocycles. The Balaban J connectivity index is 1.68. The van der Waals surface area contributed by atoms with E-state index < -0.39 is 0 Å². The Morgan fingerprint density at radius 3 is 2.53 bits per heavy atom. The Morgan fingerprint density at radius 1 is 1.00 bits per heavy atom. The van der Waals surface area contributed by atoms with Crippen molar-refractivity contribution in [3.05, 3.63) is 93.8 Å². The minimum Gasteiger partial charge on any atom is -0.497 e. The van der Waals surface area contributed by atoms with Crippen molar-refractivity contribution in [3.63, 3.8) is 0 Å². The number of hydrogen-bond acceptors (Lipinski definition) is 6. The van der Waals surface area contributed by atoms with Gasteiger partial charge in [0.05, 0.1) is 26.3 Å². The molecule has 7 nitrogen and oxygen atoms in total. The van der Waals surface area contributed by atoms with Crippen LogP contribution in [0.5, 0.6) is 11.5 Å². The number of methoxy groups -OCH3 is 2. The van der Waals surface area contributed by atoms with Crippen LogP contribution in [0.1, 0.15) is 21.5 Å². The van der Waals surface area contributed by atoms with Crippen molar-refractivity contribution in [2.45, 2.75) is 17.5 Å². The molecule has 0 amide bonds. The van der Waals surface area contributed by atoms with Gasteiger partial charge in [-0.2, -0.15) is 0 Å². The van der Waals surface area contributed by atoms with Gasteiger partial charge in [-0.05, 0) is 42.0 Å². The van der Waals surface area contributed by atoms with E-state index >= 15 is 0 Å². The number of hydrogen-bond donors (Lipinski definition) is 0. The number of aromatic nitrogens is 3. The second kappa shape index (κ2) is 9.91. The van der Waals surface area contributed by atoms with Crippen LogP contribution in [0.15, 0.2) is 76.7 Å². The van der Waals surface area contributed by atoms with Gasteiger partial charge in [0.2, 0.25) is 0 Å². The first-order chi connectivity index (χ1) is 17.5. The molecule has 3 aromatic carbocycles. The highest BCUT2D eigenvalue weighted by molar-refractivity contribution is 7.98. The van der Waals surface area contributed by atoms with Crippen molar-refractivity contribution < 1.29 is 14.3 Å². The first-order valence-corrected chi connectivity index (χ1v) is 12.4. The van der Waals surface area contributed by atoms with E-state index in [1.807, 2.05) is 60.1 Å². The number of aryl methyl sites for hydroxylation is 1. The van der Waals surface area contributed by atoms with E-state index in [2.05, 4.69) is 0 Å². The molecule has 0 fully saturated rings. The minimum absolute atomic E-state index is 0.113. The zero-order valence-electron chi connectivity index (χ0n) is 20.2. The van der Waals surface area contributed by atoms with Crippen molar-refractivity contribution in [2.24, 2.45) is 7.05 Å². The van der Waals surface area contributed by atoms with Crippen LogP contribution in [0, 0.1) is 0 Å². The molecule has 0 spiro atoms. The zero-order chi connectivity index (χ0) is 25.2. The van der Waals surface area contributed by atoms with Gasteiger partial charge in [0.15, 0.2) is 5.16 Å². The number of ether oxygens (including phenoxy) is 2. The highest BCUT2D eigenvalue weighted by Gasteiger charge is 2.20. The summed E-state index contributed by atoms with van der Waals surface area (Å²) in [5, 5.41) is 1.45. The maximum Gasteiger partial charge on any atom is 0.279 e. The van der Waals surface area contributed by atoms with Crippen LogP contribution in [0.2, 0.25) is 0 Å². The predicted octanol–water partition coefficient (Wildman–Crippen LogP) is 5.06. The molecule has 0 aliphatic carbocycles. The lowest BCUT2D eigenvalue weighted by Gasteiger charge is -2.14. The number of rotatable bonds is 8. The van der Waals surface area contributed by atoms with Crippen molar-refractivity contribution in [1.29, 1.82) is 0 Å². The van der Waals surface area contributed by atoms with Crippen molar-refractivity contribution in [2.75, 3.05) is 14.2 Å². The Bertz CT molecular complexity index is 1640. The maximum absolute atomic E-state index is 13.9. The SMILES string of the molecule is COc1ccc2c(c1)c1nc(SCc3cc(C=O)ccc3OC)n(Cc3ccccc3)c(=O)c1n2C. The van der Waals surface area contributed by atoms with Crippen LogP contribution in [-0.4, -0.2) is 34.6 Å². The Hall–Kier alpha value is -4.04. The number of thioether (sulfide) groups is 1. The van der Waals surface area contributed by atoms with Gasteiger partial charge < -0.3 is 14.0 Å². The van der Waals surface area contributed by atoms with Gasteiger partial charge in [0, 0.05) is 29.3 Å². The number of carbonyl (C=O) groups is 1. The highest BCUT2D eigenvalue weighted by atomic mass is 32.2. The summed E-state index contributed by atoms with van der Waals surface area (Å²) in [6, 6.07) is 20.9. The third kappa shape index (κ3) is 4.24. The van der Waals surface area contributed by atoms with E-state index in [1.54, 1.807) is 37.0 Å². The summed E-state index contributed by atoms with van der Waals surface area (Å²) in [4.78, 5) is 30.3. The lowest BCUT2D eigenvalue weighted by Crippen LogP contribution is -2.25. The quantitative estimate of drug-likeness (QED) is 0.169. The lowest BCUT2D eigenvalue weighted by molar-refractivity contribution is 0.112. The Labute approximate surface area is 212 Å². The first-order valence-electron chi connectivity index (χ1n) is 11.4. The topological polar surface area (TPSA) is 75.3 Å². The van der Waals surface area contributed by atoms with Gasteiger partial charge >= 0.3 is 0 Å². The first kappa shape index (κ1) is 23.7. The molecule has 182 valence electrons. The summed E-state index contributed by atoms with van der Waals surface area (Å²) in [5.41, 5.74) is 4.39. The Kier molecular flexibility index (Phi) is 6.52. The summed E-state index contributed by atoms with van der Waals surface area (Å²) < 4.78 is 14.5. The smallest absolute Gasteiger partial charge is 0.279 e. The van der Waals surface area contributed by atoms with Crippen LogP contribution in [0.4, 0.5) is 0 Å². The van der Waals surface area contributed by atoms with Crippen LogP contribution in [0.25, 0.3) is 21.9 Å². The molecule has 0 N–H and O–H groups in total. The molecular weight excluding hydrogens is 474 g/mol. The Morgan fingerprint density at radius 2 is 1.81 bits per heavy atom. The van der Waals surface area contributed by atoms with E-state index in [-0.39, 0.29) is 5.56 Å². The molecule has 0 radical (unpaired) electrons. The highest BCUT2D eigenvalue weighted by Crippen LogP contribution is 2.32. The van der Waals surface area contributed by atoms with Gasteiger partial charge in [-0.3, -0.25) is 14.2 Å². The third-order valence-corrected chi connectivity index (χ3v) is 7.27. The standard InChI is InChI=1S/C28H25N3O4S/c1-30-23-11-10-21(34-2)14-22(23)25-26(30)27(33)31(15-18-7-5-4-6-8-18)28(29-25)36-17-20-13-19(16-32)9-12-24(20)35-3/h4-14,16H,15,17H2,1-3H3. The van der Waals surface area contributed by atoms with E-state index in [9.17, 15) is 9.59 Å². The van der Waals surface area contributed by atoms with Crippen molar-refractivity contribution in [3.8, 4) is 11.5 Å². The third-order valence-electron chi connectivity index (χ3n) is 6.25. The molecule has 36 heavy (non-hydrogen) atoms. The number of nitrogens with zero attached hydrogens (tertiary/aromatic N) is 3. The fourth-order valence-electron chi connectivity index (χ4n) is 4.40. The van der Waals surface area contributed by atoms with Gasteiger partial charge in [0.25, 0.3) is 5.56 Å². The van der Waals surface area contributed by atoms with Gasteiger partial charge in [0.1, 0.15) is 28.8 Å². The normalized spacial score (nSPS) is 11.2. The number of aldehydes is 1. The van der Waals surface area contributed by atoms with Crippen LogP contribution >= 0.6 is 11.8 Å². The molecule has 5 aromatic rings. The molecule has 0 saturated heterocycles. The van der Waals surface area contributed by atoms with E-state index in [4.69, 9.17) is 14.5 Å². The summed E-state index contributed by atoms with van der Waals surface area (Å²) in [5.74, 6) is 1.86. The van der Waals surface area contributed by atoms with Crippen LogP contribution < -0.4 is 15.0 Å². The molecular formula is C28H25N3O4S. The molecule has 0 atom stereocenters. The second-order valence-electron chi connectivity index (χ2n) is 8.39. The molecule has 0 saturated carbocycles. The monoisotopic (exact) mass is 499 g/mol. The minimum atomic E-state index is -0.113. The largest absolute Gasteiger partial charge is 0.497 e. The van der Waals surface area contributed by atoms with E-state index in [0.717, 1.165) is 28.3 Å². The molecule has 0 aliphatic heterocycles. The van der Waals surface area contributed by atoms with Crippen LogP contribution in [0.3, 0.4) is 0 Å². The molecule has 8 heteroatoms. The van der Waals surface area contributed by atoms with Crippen molar-refractivity contribution >= 4 is 40.0 Å². The molecule has 0 aliphatic rings. The fraction of sp³-hybridized carbons (Fsp3) is 0.179. The van der Waals surface area contributed by atoms with E-state index in [0.29, 0.717) is 45.5 Å². The van der Waals surface area contributed by atoms with Gasteiger partial charge in [-0.25, -0.2) is 4.98 Å². The van der Waals surface area contributed by atoms with Crippen molar-refractivity contribution in [1.82, 2.24) is 14.1 Å². The predicted molar refractivity (Wildman–Crippen MR) is 143 cm³/mol. The fourth-order valence-corrected chi connectivity index (χ4v) is 5.37. The van der Waals surface area contributed by atoms with Crippen LogP contribution in [-0.2, 0) is 19.3 Å². The zero-order valence-corrected chi connectivity index (χ0v) is 21.0. The number of fused-ring (bicyclic) bond motifs is 3. The summed E-state index contributed by atoms with van der Waals surface area (Å²) in [6.07, 6.45) is 0.812. The van der Waals surface area contributed by atoms with Gasteiger partial charge in [-0.15, -0.1) is 0 Å².